The average Bonchev–Trinajstić information content (AvgIpc) is 3.32. The van der Waals surface area contributed by atoms with E-state index in [-0.39, 0.29) is 17.6 Å². The minimum absolute atomic E-state index is 0.0632. The Labute approximate surface area is 139 Å². The molecule has 2 atom stereocenters. The fourth-order valence-electron chi connectivity index (χ4n) is 2.84. The molecular formula is C17H26N2O3S. The Bertz CT molecular complexity index is 658. The number of aryl methyl sites for hydroxylation is 1. The topological polar surface area (TPSA) is 66.5 Å². The summed E-state index contributed by atoms with van der Waals surface area (Å²) in [7, 11) is -1.55. The summed E-state index contributed by atoms with van der Waals surface area (Å²) in [6.07, 6.45) is 1.53. The van der Waals surface area contributed by atoms with Crippen molar-refractivity contribution in [1.29, 1.82) is 0 Å². The molecule has 1 aromatic rings. The van der Waals surface area contributed by atoms with Gasteiger partial charge in [0.15, 0.2) is 0 Å². The maximum atomic E-state index is 12.2. The Morgan fingerprint density at radius 2 is 2.04 bits per heavy atom. The fourth-order valence-corrected chi connectivity index (χ4v) is 3.68. The second kappa shape index (κ2) is 7.45. The summed E-state index contributed by atoms with van der Waals surface area (Å²) in [4.78, 5) is 12.2. The monoisotopic (exact) mass is 338 g/mol. The molecule has 1 N–H and O–H groups in total. The van der Waals surface area contributed by atoms with Crippen LogP contribution in [0.1, 0.15) is 36.8 Å². The van der Waals surface area contributed by atoms with Crippen LogP contribution in [0.4, 0.5) is 0 Å². The van der Waals surface area contributed by atoms with Crippen molar-refractivity contribution in [3.8, 4) is 0 Å². The van der Waals surface area contributed by atoms with Crippen molar-refractivity contribution in [1.82, 2.24) is 9.62 Å². The summed E-state index contributed by atoms with van der Waals surface area (Å²) in [5.41, 5.74) is 2.50. The molecule has 2 rings (SSSR count). The van der Waals surface area contributed by atoms with Gasteiger partial charge in [0, 0.05) is 26.1 Å². The van der Waals surface area contributed by atoms with Crippen LogP contribution in [-0.4, -0.2) is 44.5 Å². The van der Waals surface area contributed by atoms with E-state index in [9.17, 15) is 13.2 Å². The van der Waals surface area contributed by atoms with E-state index in [0.29, 0.717) is 25.4 Å². The summed E-state index contributed by atoms with van der Waals surface area (Å²) in [5, 5.41) is 2.93. The summed E-state index contributed by atoms with van der Waals surface area (Å²) in [6.45, 7) is 4.65. The Morgan fingerprint density at radius 3 is 2.70 bits per heavy atom. The lowest BCUT2D eigenvalue weighted by atomic mass is 10.0. The molecule has 1 aromatic carbocycles. The molecule has 0 aliphatic heterocycles. The van der Waals surface area contributed by atoms with Crippen molar-refractivity contribution >= 4 is 15.9 Å². The molecule has 1 saturated carbocycles. The highest BCUT2D eigenvalue weighted by Gasteiger charge is 2.44. The summed E-state index contributed by atoms with van der Waals surface area (Å²) in [5.74, 6) is 0.586. The molecule has 0 heterocycles. The van der Waals surface area contributed by atoms with Crippen molar-refractivity contribution in [2.45, 2.75) is 32.6 Å². The maximum absolute atomic E-state index is 12.2. The van der Waals surface area contributed by atoms with Gasteiger partial charge in [-0.05, 0) is 43.7 Å². The van der Waals surface area contributed by atoms with Crippen LogP contribution < -0.4 is 5.32 Å². The minimum atomic E-state index is -3.13. The molecule has 1 amide bonds. The van der Waals surface area contributed by atoms with Gasteiger partial charge >= 0.3 is 0 Å². The van der Waals surface area contributed by atoms with Gasteiger partial charge in [0.1, 0.15) is 0 Å². The zero-order chi connectivity index (χ0) is 17.0. The predicted octanol–water partition coefficient (Wildman–Crippen LogP) is 1.89. The van der Waals surface area contributed by atoms with Crippen LogP contribution in [0.2, 0.25) is 0 Å². The van der Waals surface area contributed by atoms with Gasteiger partial charge in [-0.1, -0.05) is 24.3 Å². The van der Waals surface area contributed by atoms with Gasteiger partial charge in [-0.2, -0.15) is 0 Å². The Hall–Kier alpha value is -1.40. The zero-order valence-corrected chi connectivity index (χ0v) is 14.9. The SMILES string of the molecule is CCS(=O)(=O)N(C)CCCNC(=O)[C@H]1C[C@@H]1c1ccccc1C. The summed E-state index contributed by atoms with van der Waals surface area (Å²) >= 11 is 0. The Balaban J connectivity index is 1.72. The largest absolute Gasteiger partial charge is 0.356 e. The van der Waals surface area contributed by atoms with Gasteiger partial charge in [-0.25, -0.2) is 12.7 Å². The fraction of sp³-hybridized carbons (Fsp3) is 0.588. The van der Waals surface area contributed by atoms with Crippen molar-refractivity contribution in [3.05, 3.63) is 35.4 Å². The summed E-state index contributed by atoms with van der Waals surface area (Å²) in [6, 6.07) is 8.20. The molecule has 1 fully saturated rings. The van der Waals surface area contributed by atoms with Gasteiger partial charge in [0.2, 0.25) is 15.9 Å². The first kappa shape index (κ1) is 17.9. The van der Waals surface area contributed by atoms with E-state index >= 15 is 0 Å². The van der Waals surface area contributed by atoms with Gasteiger partial charge in [-0.3, -0.25) is 4.79 Å². The van der Waals surface area contributed by atoms with Crippen LogP contribution in [0.5, 0.6) is 0 Å². The second-order valence-corrected chi connectivity index (χ2v) is 8.54. The normalized spacial score (nSPS) is 20.5. The van der Waals surface area contributed by atoms with Gasteiger partial charge in [0.05, 0.1) is 5.75 Å². The quantitative estimate of drug-likeness (QED) is 0.736. The molecule has 0 bridgehead atoms. The molecular weight excluding hydrogens is 312 g/mol. The smallest absolute Gasteiger partial charge is 0.223 e. The first-order chi connectivity index (χ1) is 10.9. The molecule has 6 heteroatoms. The zero-order valence-electron chi connectivity index (χ0n) is 14.1. The highest BCUT2D eigenvalue weighted by atomic mass is 32.2. The lowest BCUT2D eigenvalue weighted by molar-refractivity contribution is -0.122. The van der Waals surface area contributed by atoms with E-state index in [1.54, 1.807) is 14.0 Å². The molecule has 0 spiro atoms. The Kier molecular flexibility index (Phi) is 5.81. The maximum Gasteiger partial charge on any atom is 0.223 e. The molecule has 1 aliphatic rings. The summed E-state index contributed by atoms with van der Waals surface area (Å²) < 4.78 is 24.6. The van der Waals surface area contributed by atoms with Crippen molar-refractivity contribution in [2.75, 3.05) is 25.9 Å². The third-order valence-electron chi connectivity index (χ3n) is 4.50. The number of benzene rings is 1. The van der Waals surface area contributed by atoms with E-state index in [0.717, 1.165) is 6.42 Å². The number of nitrogens with one attached hydrogen (secondary N) is 1. The molecule has 0 aromatic heterocycles. The van der Waals surface area contributed by atoms with Gasteiger partial charge < -0.3 is 5.32 Å². The predicted molar refractivity (Wildman–Crippen MR) is 91.7 cm³/mol. The lowest BCUT2D eigenvalue weighted by Gasteiger charge is -2.15. The Morgan fingerprint density at radius 1 is 1.35 bits per heavy atom. The van der Waals surface area contributed by atoms with E-state index in [2.05, 4.69) is 24.4 Å². The third kappa shape index (κ3) is 4.54. The number of carbonyl (C=O) groups excluding carboxylic acids is 1. The molecule has 23 heavy (non-hydrogen) atoms. The highest BCUT2D eigenvalue weighted by Crippen LogP contribution is 2.48. The highest BCUT2D eigenvalue weighted by molar-refractivity contribution is 7.89. The van der Waals surface area contributed by atoms with Crippen molar-refractivity contribution in [2.24, 2.45) is 5.92 Å². The number of sulfonamides is 1. The van der Waals surface area contributed by atoms with Crippen molar-refractivity contribution in [3.63, 3.8) is 0 Å². The van der Waals surface area contributed by atoms with Gasteiger partial charge in [0.25, 0.3) is 0 Å². The number of hydrogen-bond donors (Lipinski definition) is 1. The molecule has 1 aliphatic carbocycles. The third-order valence-corrected chi connectivity index (χ3v) is 6.37. The molecule has 0 saturated heterocycles. The minimum Gasteiger partial charge on any atom is -0.356 e. The number of hydrogen-bond acceptors (Lipinski definition) is 3. The number of rotatable bonds is 8. The molecule has 128 valence electrons. The van der Waals surface area contributed by atoms with E-state index in [1.807, 2.05) is 12.1 Å². The van der Waals surface area contributed by atoms with Crippen LogP contribution in [0.3, 0.4) is 0 Å². The molecule has 0 unspecified atom stereocenters. The average molecular weight is 338 g/mol. The van der Waals surface area contributed by atoms with Crippen LogP contribution in [0.15, 0.2) is 24.3 Å². The standard InChI is InChI=1S/C17H26N2O3S/c1-4-23(21,22)19(3)11-7-10-18-17(20)16-12-15(16)14-9-6-5-8-13(14)2/h5-6,8-9,15-16H,4,7,10-12H2,1-3H3,(H,18,20)/t15-,16+/m1/s1. The first-order valence-electron chi connectivity index (χ1n) is 8.14. The number of nitrogens with zero attached hydrogens (tertiary/aromatic N) is 1. The van der Waals surface area contributed by atoms with Crippen LogP contribution in [0, 0.1) is 12.8 Å². The van der Waals surface area contributed by atoms with E-state index < -0.39 is 10.0 Å². The van der Waals surface area contributed by atoms with Crippen LogP contribution >= 0.6 is 0 Å². The number of amides is 1. The van der Waals surface area contributed by atoms with E-state index in [4.69, 9.17) is 0 Å². The van der Waals surface area contributed by atoms with Crippen LogP contribution in [-0.2, 0) is 14.8 Å². The first-order valence-corrected chi connectivity index (χ1v) is 9.75. The van der Waals surface area contributed by atoms with Gasteiger partial charge in [-0.15, -0.1) is 0 Å². The molecule has 0 radical (unpaired) electrons. The van der Waals surface area contributed by atoms with Crippen LogP contribution in [0.25, 0.3) is 0 Å². The van der Waals surface area contributed by atoms with E-state index in [1.165, 1.54) is 15.4 Å². The number of carbonyl (C=O) groups is 1. The second-order valence-electron chi connectivity index (χ2n) is 6.17. The molecule has 5 nitrogen and oxygen atoms in total. The lowest BCUT2D eigenvalue weighted by Crippen LogP contribution is -2.33. The van der Waals surface area contributed by atoms with Crippen molar-refractivity contribution < 1.29 is 13.2 Å².